The van der Waals surface area contributed by atoms with Gasteiger partial charge in [0.2, 0.25) is 0 Å². The van der Waals surface area contributed by atoms with Gasteiger partial charge in [0.25, 0.3) is 0 Å². The quantitative estimate of drug-likeness (QED) is 0.164. The molecule has 11 rings (SSSR count). The van der Waals surface area contributed by atoms with Crippen molar-refractivity contribution in [3.63, 3.8) is 0 Å². The minimum absolute atomic E-state index is 0.663. The molecular formula is C53H31F3O. The maximum atomic E-state index is 13.6. The van der Waals surface area contributed by atoms with Crippen LogP contribution in [0.25, 0.3) is 110 Å². The molecule has 0 aliphatic heterocycles. The van der Waals surface area contributed by atoms with Gasteiger partial charge in [-0.05, 0) is 118 Å². The number of furan rings is 1. The summed E-state index contributed by atoms with van der Waals surface area (Å²) in [4.78, 5) is 0. The van der Waals surface area contributed by atoms with Gasteiger partial charge in [0.05, 0.1) is 5.56 Å². The van der Waals surface area contributed by atoms with Crippen molar-refractivity contribution in [2.75, 3.05) is 0 Å². The Hall–Kier alpha value is -7.17. The monoisotopic (exact) mass is 740 g/mol. The van der Waals surface area contributed by atoms with Crippen molar-refractivity contribution in [3.8, 4) is 44.5 Å². The lowest BCUT2D eigenvalue weighted by atomic mass is 9.84. The van der Waals surface area contributed by atoms with E-state index in [4.69, 9.17) is 4.42 Å². The fourth-order valence-corrected chi connectivity index (χ4v) is 9.10. The molecule has 57 heavy (non-hydrogen) atoms. The molecule has 0 spiro atoms. The molecule has 0 amide bonds. The van der Waals surface area contributed by atoms with Gasteiger partial charge in [0, 0.05) is 10.8 Å². The average Bonchev–Trinajstić information content (AvgIpc) is 3.63. The second-order valence-electron chi connectivity index (χ2n) is 14.6. The number of alkyl halides is 3. The summed E-state index contributed by atoms with van der Waals surface area (Å²) in [5.74, 6) is 0. The van der Waals surface area contributed by atoms with Crippen LogP contribution in [0.15, 0.2) is 192 Å². The number of rotatable bonds is 4. The first-order chi connectivity index (χ1) is 27.9. The van der Waals surface area contributed by atoms with Crippen LogP contribution in [-0.4, -0.2) is 0 Å². The Morgan fingerprint density at radius 1 is 0.316 bits per heavy atom. The predicted molar refractivity (Wildman–Crippen MR) is 230 cm³/mol. The molecule has 1 heterocycles. The highest BCUT2D eigenvalue weighted by Crippen LogP contribution is 2.49. The molecule has 270 valence electrons. The summed E-state index contributed by atoms with van der Waals surface area (Å²) in [6.45, 7) is 0. The van der Waals surface area contributed by atoms with Crippen LogP contribution in [0.1, 0.15) is 5.56 Å². The normalized spacial score (nSPS) is 12.1. The number of fused-ring (bicyclic) bond motifs is 7. The minimum atomic E-state index is -4.41. The fraction of sp³-hybridized carbons (Fsp3) is 0.0189. The van der Waals surface area contributed by atoms with Crippen LogP contribution in [0.5, 0.6) is 0 Å². The topological polar surface area (TPSA) is 13.1 Å². The van der Waals surface area contributed by atoms with Gasteiger partial charge in [0.1, 0.15) is 11.2 Å². The third-order valence-electron chi connectivity index (χ3n) is 11.5. The lowest BCUT2D eigenvalue weighted by Gasteiger charge is -2.18. The Bertz CT molecular complexity index is 3260. The van der Waals surface area contributed by atoms with Gasteiger partial charge in [-0.1, -0.05) is 158 Å². The first kappa shape index (κ1) is 33.2. The van der Waals surface area contributed by atoms with Crippen LogP contribution in [0.2, 0.25) is 0 Å². The lowest BCUT2D eigenvalue weighted by molar-refractivity contribution is -0.137. The van der Waals surface area contributed by atoms with Gasteiger partial charge < -0.3 is 4.42 Å². The molecule has 4 heteroatoms. The summed E-state index contributed by atoms with van der Waals surface area (Å²) in [6.07, 6.45) is -4.41. The van der Waals surface area contributed by atoms with Crippen LogP contribution >= 0.6 is 0 Å². The summed E-state index contributed by atoms with van der Waals surface area (Å²) in [5, 5.41) is 10.7. The summed E-state index contributed by atoms with van der Waals surface area (Å²) in [7, 11) is 0. The van der Waals surface area contributed by atoms with Crippen LogP contribution < -0.4 is 0 Å². The van der Waals surface area contributed by atoms with Gasteiger partial charge in [-0.15, -0.1) is 0 Å². The van der Waals surface area contributed by atoms with Gasteiger partial charge in [-0.3, -0.25) is 0 Å². The summed E-state index contributed by atoms with van der Waals surface area (Å²) >= 11 is 0. The first-order valence-electron chi connectivity index (χ1n) is 19.0. The first-order valence-corrected chi connectivity index (χ1v) is 19.0. The molecule has 0 aliphatic rings. The molecular weight excluding hydrogens is 710 g/mol. The van der Waals surface area contributed by atoms with E-state index in [1.165, 1.54) is 50.4 Å². The van der Waals surface area contributed by atoms with E-state index in [2.05, 4.69) is 127 Å². The van der Waals surface area contributed by atoms with Crippen molar-refractivity contribution >= 4 is 65.0 Å². The molecule has 0 unspecified atom stereocenters. The van der Waals surface area contributed by atoms with Crippen LogP contribution in [0.3, 0.4) is 0 Å². The molecule has 0 fully saturated rings. The van der Waals surface area contributed by atoms with Gasteiger partial charge in [0.15, 0.2) is 0 Å². The SMILES string of the molecule is FC(F)(F)c1ccc(-c2c3ccccc3c(-c3cccc4oc5cc(-c6c7ccccc7c(-c7ccccc7)c7ccccc67)ccc5c34)c3ccccc23)cc1. The number of halogens is 3. The minimum Gasteiger partial charge on any atom is -0.456 e. The predicted octanol–water partition coefficient (Wildman–Crippen LogP) is 15.9. The molecule has 1 aromatic heterocycles. The van der Waals surface area contributed by atoms with Crippen LogP contribution in [0.4, 0.5) is 13.2 Å². The molecule has 11 aromatic rings. The Morgan fingerprint density at radius 2 is 0.737 bits per heavy atom. The Balaban J connectivity index is 1.15. The van der Waals surface area contributed by atoms with E-state index >= 15 is 0 Å². The van der Waals surface area contributed by atoms with Crippen LogP contribution in [-0.2, 0) is 6.18 Å². The van der Waals surface area contributed by atoms with E-state index in [9.17, 15) is 13.2 Å². The van der Waals surface area contributed by atoms with Crippen molar-refractivity contribution in [1.29, 1.82) is 0 Å². The summed E-state index contributed by atoms with van der Waals surface area (Å²) < 4.78 is 47.5. The van der Waals surface area contributed by atoms with Crippen LogP contribution in [0, 0.1) is 0 Å². The summed E-state index contributed by atoms with van der Waals surface area (Å²) in [6, 6.07) is 62.6. The molecule has 0 atom stereocenters. The molecule has 0 N–H and O–H groups in total. The summed E-state index contributed by atoms with van der Waals surface area (Å²) in [5.41, 5.74) is 9.31. The zero-order chi connectivity index (χ0) is 38.3. The molecule has 10 aromatic carbocycles. The third-order valence-corrected chi connectivity index (χ3v) is 11.5. The van der Waals surface area contributed by atoms with E-state index in [0.717, 1.165) is 71.3 Å². The Kier molecular flexibility index (Phi) is 7.39. The second-order valence-corrected chi connectivity index (χ2v) is 14.6. The Labute approximate surface area is 325 Å². The van der Waals surface area contributed by atoms with Crippen molar-refractivity contribution < 1.29 is 17.6 Å². The molecule has 0 aliphatic carbocycles. The number of hydrogen-bond donors (Lipinski definition) is 0. The largest absolute Gasteiger partial charge is 0.456 e. The molecule has 0 radical (unpaired) electrons. The number of hydrogen-bond acceptors (Lipinski definition) is 1. The van der Waals surface area contributed by atoms with E-state index in [-0.39, 0.29) is 0 Å². The Morgan fingerprint density at radius 3 is 1.23 bits per heavy atom. The average molecular weight is 741 g/mol. The van der Waals surface area contributed by atoms with Crippen molar-refractivity contribution in [1.82, 2.24) is 0 Å². The maximum Gasteiger partial charge on any atom is 0.416 e. The van der Waals surface area contributed by atoms with Gasteiger partial charge in [-0.2, -0.15) is 13.2 Å². The van der Waals surface area contributed by atoms with Crippen molar-refractivity contribution in [2.45, 2.75) is 6.18 Å². The van der Waals surface area contributed by atoms with Gasteiger partial charge >= 0.3 is 6.18 Å². The second kappa shape index (κ2) is 12.7. The van der Waals surface area contributed by atoms with E-state index in [1.807, 2.05) is 36.4 Å². The van der Waals surface area contributed by atoms with Crippen molar-refractivity contribution in [3.05, 3.63) is 194 Å². The molecule has 0 bridgehead atoms. The molecule has 0 saturated heterocycles. The van der Waals surface area contributed by atoms with E-state index < -0.39 is 11.7 Å². The highest BCUT2D eigenvalue weighted by Gasteiger charge is 2.30. The fourth-order valence-electron chi connectivity index (χ4n) is 9.10. The highest BCUT2D eigenvalue weighted by atomic mass is 19.4. The molecule has 1 nitrogen and oxygen atoms in total. The lowest BCUT2D eigenvalue weighted by Crippen LogP contribution is -2.04. The smallest absolute Gasteiger partial charge is 0.416 e. The zero-order valence-electron chi connectivity index (χ0n) is 30.4. The maximum absolute atomic E-state index is 13.6. The molecule has 0 saturated carbocycles. The van der Waals surface area contributed by atoms with E-state index in [0.29, 0.717) is 0 Å². The third kappa shape index (κ3) is 5.18. The number of benzene rings is 10. The standard InChI is InChI=1S/C53H31F3O/c54-53(55,56)35-28-25-33(26-29-35)49-40-19-8-10-21-42(40)51(43-22-11-9-20-41(43)49)45-23-12-24-46-52(45)44-30-27-34(31-47(44)57-46)50-38-17-6-4-15-36(38)48(32-13-2-1-3-14-32)37-16-5-7-18-39(37)50/h1-31H. The van der Waals surface area contributed by atoms with Gasteiger partial charge in [-0.25, -0.2) is 0 Å². The van der Waals surface area contributed by atoms with E-state index in [1.54, 1.807) is 12.1 Å². The highest BCUT2D eigenvalue weighted by molar-refractivity contribution is 6.26. The zero-order valence-corrected chi connectivity index (χ0v) is 30.4. The van der Waals surface area contributed by atoms with Crippen molar-refractivity contribution in [2.24, 2.45) is 0 Å².